The molecule has 0 aliphatic carbocycles. The van der Waals surface area contributed by atoms with E-state index >= 15 is 0 Å². The Bertz CT molecular complexity index is 1950. The Morgan fingerprint density at radius 3 is 1.02 bits per heavy atom. The highest BCUT2D eigenvalue weighted by atomic mass is 31.1. The van der Waals surface area contributed by atoms with Gasteiger partial charge in [-0.3, -0.25) is 0 Å². The fraction of sp³-hybridized carbons (Fsp3) is 0.234. The van der Waals surface area contributed by atoms with Crippen LogP contribution >= 0.6 is 15.8 Å². The van der Waals surface area contributed by atoms with Crippen molar-refractivity contribution in [3.63, 3.8) is 0 Å². The van der Waals surface area contributed by atoms with Gasteiger partial charge in [0.2, 0.25) is 0 Å². The van der Waals surface area contributed by atoms with E-state index in [9.17, 15) is 0 Å². The van der Waals surface area contributed by atoms with E-state index < -0.39 is 15.8 Å². The highest BCUT2D eigenvalue weighted by molar-refractivity contribution is 7.80. The van der Waals surface area contributed by atoms with Crippen molar-refractivity contribution in [2.24, 2.45) is 0 Å². The van der Waals surface area contributed by atoms with Crippen LogP contribution in [-0.2, 0) is 12.8 Å². The van der Waals surface area contributed by atoms with E-state index in [0.717, 1.165) is 66.6 Å². The van der Waals surface area contributed by atoms with Crippen LogP contribution in [0.5, 0.6) is 34.5 Å². The number of benzene rings is 6. The summed E-state index contributed by atoms with van der Waals surface area (Å²) in [4.78, 5) is 0. The highest BCUT2D eigenvalue weighted by Gasteiger charge is 2.32. The van der Waals surface area contributed by atoms with Crippen LogP contribution in [0.1, 0.15) is 30.4 Å². The summed E-state index contributed by atoms with van der Waals surface area (Å²) in [5, 5.41) is 7.35. The van der Waals surface area contributed by atoms with Crippen molar-refractivity contribution < 1.29 is 28.4 Å². The predicted molar refractivity (Wildman–Crippen MR) is 227 cm³/mol. The van der Waals surface area contributed by atoms with Gasteiger partial charge in [0.15, 0.2) is 0 Å². The topological polar surface area (TPSA) is 55.4 Å². The molecule has 2 heterocycles. The first kappa shape index (κ1) is 36.9. The van der Waals surface area contributed by atoms with Crippen LogP contribution in [0.15, 0.2) is 133 Å². The summed E-state index contributed by atoms with van der Waals surface area (Å²) in [7, 11) is 4.90. The molecule has 6 aromatic carbocycles. The minimum atomic E-state index is -0.967. The minimum Gasteiger partial charge on any atom is -0.497 e. The molecule has 55 heavy (non-hydrogen) atoms. The lowest BCUT2D eigenvalue weighted by molar-refractivity contribution is 0.189. The number of rotatable bonds is 10. The summed E-state index contributed by atoms with van der Waals surface area (Å²) in [6.45, 7) is 0. The van der Waals surface area contributed by atoms with E-state index in [4.69, 9.17) is 28.4 Å². The molecular formula is C47H46O6P2. The van der Waals surface area contributed by atoms with Crippen LogP contribution in [0.4, 0.5) is 0 Å². The Labute approximate surface area is 326 Å². The van der Waals surface area contributed by atoms with Gasteiger partial charge in [0.25, 0.3) is 0 Å². The van der Waals surface area contributed by atoms with Gasteiger partial charge in [-0.1, -0.05) is 84.9 Å². The third-order valence-corrected chi connectivity index (χ3v) is 15.4. The third-order valence-electron chi connectivity index (χ3n) is 10.5. The predicted octanol–water partition coefficient (Wildman–Crippen LogP) is 7.71. The van der Waals surface area contributed by atoms with Crippen molar-refractivity contribution in [2.75, 3.05) is 28.4 Å². The summed E-state index contributed by atoms with van der Waals surface area (Å²) >= 11 is 0. The molecule has 0 amide bonds. The lowest BCUT2D eigenvalue weighted by Gasteiger charge is -2.30. The van der Waals surface area contributed by atoms with Crippen molar-refractivity contribution in [2.45, 2.75) is 44.3 Å². The van der Waals surface area contributed by atoms with Crippen LogP contribution in [-0.4, -0.2) is 40.6 Å². The number of para-hydroxylation sites is 2. The van der Waals surface area contributed by atoms with E-state index in [1.54, 1.807) is 28.4 Å². The molecular weight excluding hydrogens is 722 g/mol. The summed E-state index contributed by atoms with van der Waals surface area (Å²) in [5.41, 5.74) is 2.38. The standard InChI is InChI=1S/C47H46O6P2/c1-48-34-14-22-40(23-15-34)54(41-24-16-35(49-2)17-25-41)44-12-5-8-32-30-39-11-7-10-38(52-46(32)44)31-33-9-6-13-45(47(33)53-39)55(42-26-18-36(50-3)19-27-42)43-28-20-37(51-4)21-29-43/h5-6,8-9,12-29,38-39H,7,10-11,30-31H2,1-4H3. The smallest absolute Gasteiger partial charge is 0.131 e. The normalized spacial score (nSPS) is 16.3. The van der Waals surface area contributed by atoms with Gasteiger partial charge >= 0.3 is 0 Å². The quantitative estimate of drug-likeness (QED) is 0.133. The first-order chi connectivity index (χ1) is 27.0. The molecule has 280 valence electrons. The van der Waals surface area contributed by atoms with E-state index in [2.05, 4.69) is 133 Å². The first-order valence-electron chi connectivity index (χ1n) is 18.8. The molecule has 8 heteroatoms. The Hall–Kier alpha value is -5.02. The highest BCUT2D eigenvalue weighted by Crippen LogP contribution is 2.44. The largest absolute Gasteiger partial charge is 0.497 e. The molecule has 0 fully saturated rings. The maximum atomic E-state index is 7.35. The molecule has 6 nitrogen and oxygen atoms in total. The molecule has 0 aromatic heterocycles. The van der Waals surface area contributed by atoms with Gasteiger partial charge in [0.1, 0.15) is 46.7 Å². The SMILES string of the molecule is COc1ccc(P(c2ccc(OC)cc2)c2cccc3c2OC2CCCC(C3)Oc3c(cccc3P(c3ccc(OC)cc3)c3ccc(OC)cc3)C2)cc1. The van der Waals surface area contributed by atoms with Gasteiger partial charge in [-0.2, -0.15) is 0 Å². The average molecular weight is 769 g/mol. The number of ether oxygens (including phenoxy) is 6. The molecule has 2 atom stereocenters. The van der Waals surface area contributed by atoms with Crippen molar-refractivity contribution in [1.29, 1.82) is 0 Å². The summed E-state index contributed by atoms with van der Waals surface area (Å²) in [6, 6.07) is 47.4. The van der Waals surface area contributed by atoms with Gasteiger partial charge in [-0.05, 0) is 116 Å². The summed E-state index contributed by atoms with van der Waals surface area (Å²) in [5.74, 6) is 5.36. The Balaban J connectivity index is 1.22. The molecule has 2 aliphatic rings. The molecule has 2 bridgehead atoms. The Morgan fingerprint density at radius 2 is 0.727 bits per heavy atom. The monoisotopic (exact) mass is 768 g/mol. The molecule has 6 aromatic rings. The maximum Gasteiger partial charge on any atom is 0.131 e. The molecule has 0 spiro atoms. The number of methoxy groups -OCH3 is 4. The van der Waals surface area contributed by atoms with Crippen LogP contribution in [0.25, 0.3) is 0 Å². The van der Waals surface area contributed by atoms with Crippen molar-refractivity contribution >= 4 is 47.7 Å². The molecule has 0 saturated carbocycles. The van der Waals surface area contributed by atoms with Gasteiger partial charge in [0.05, 0.1) is 28.4 Å². The van der Waals surface area contributed by atoms with Crippen LogP contribution in [0.2, 0.25) is 0 Å². The van der Waals surface area contributed by atoms with Crippen molar-refractivity contribution in [3.05, 3.63) is 145 Å². The van der Waals surface area contributed by atoms with E-state index in [1.165, 1.54) is 43.0 Å². The van der Waals surface area contributed by atoms with Crippen molar-refractivity contribution in [3.8, 4) is 34.5 Å². The van der Waals surface area contributed by atoms with E-state index in [-0.39, 0.29) is 12.2 Å². The second kappa shape index (κ2) is 16.8. The average Bonchev–Trinajstić information content (AvgIpc) is 3.38. The molecule has 0 N–H and O–H groups in total. The second-order valence-electron chi connectivity index (χ2n) is 13.8. The summed E-state index contributed by atoms with van der Waals surface area (Å²) < 4.78 is 36.9. The van der Waals surface area contributed by atoms with Crippen LogP contribution in [0, 0.1) is 0 Å². The Morgan fingerprint density at radius 1 is 0.418 bits per heavy atom. The van der Waals surface area contributed by atoms with E-state index in [1.807, 2.05) is 0 Å². The lowest BCUT2D eigenvalue weighted by atomic mass is 10.0. The van der Waals surface area contributed by atoms with Gasteiger partial charge in [0, 0.05) is 23.5 Å². The molecule has 2 unspecified atom stereocenters. The number of fused-ring (bicyclic) bond motifs is 6. The zero-order valence-electron chi connectivity index (χ0n) is 31.7. The zero-order chi connectivity index (χ0) is 37.7. The van der Waals surface area contributed by atoms with Crippen LogP contribution in [0.3, 0.4) is 0 Å². The number of hydrogen-bond acceptors (Lipinski definition) is 6. The van der Waals surface area contributed by atoms with Gasteiger partial charge < -0.3 is 28.4 Å². The maximum absolute atomic E-state index is 7.35. The molecule has 8 rings (SSSR count). The molecule has 0 saturated heterocycles. The van der Waals surface area contributed by atoms with Gasteiger partial charge in [-0.15, -0.1) is 0 Å². The molecule has 0 radical (unpaired) electrons. The second-order valence-corrected chi connectivity index (χ2v) is 18.2. The fourth-order valence-corrected chi connectivity index (χ4v) is 12.4. The Kier molecular flexibility index (Phi) is 11.3. The van der Waals surface area contributed by atoms with E-state index in [0.29, 0.717) is 0 Å². The first-order valence-corrected chi connectivity index (χ1v) is 21.5. The summed E-state index contributed by atoms with van der Waals surface area (Å²) in [6.07, 6.45) is 4.39. The zero-order valence-corrected chi connectivity index (χ0v) is 33.5. The third kappa shape index (κ3) is 7.90. The lowest BCUT2D eigenvalue weighted by Crippen LogP contribution is -2.30. The van der Waals surface area contributed by atoms with Crippen LogP contribution < -0.4 is 60.2 Å². The number of hydrogen-bond donors (Lipinski definition) is 0. The minimum absolute atomic E-state index is 0.0221. The molecule has 2 aliphatic heterocycles. The van der Waals surface area contributed by atoms with Crippen molar-refractivity contribution in [1.82, 2.24) is 0 Å². The fourth-order valence-electron chi connectivity index (χ4n) is 7.67. The van der Waals surface area contributed by atoms with Gasteiger partial charge in [-0.25, -0.2) is 0 Å².